The van der Waals surface area contributed by atoms with Crippen molar-refractivity contribution >= 4 is 16.3 Å². The second-order valence-corrected chi connectivity index (χ2v) is 5.69. The molecule has 0 aliphatic carbocycles. The maximum Gasteiger partial charge on any atom is 0.260 e. The lowest BCUT2D eigenvalue weighted by molar-refractivity contribution is 0.424. The molecule has 5 heteroatoms. The van der Waals surface area contributed by atoms with E-state index < -0.39 is 0 Å². The van der Waals surface area contributed by atoms with E-state index in [4.69, 9.17) is 10.3 Å². The summed E-state index contributed by atoms with van der Waals surface area (Å²) in [5, 5.41) is 4.76. The molecule has 1 aromatic carbocycles. The predicted octanol–water partition coefficient (Wildman–Crippen LogP) is 3.53. The van der Waals surface area contributed by atoms with Gasteiger partial charge in [-0.15, -0.1) is 11.3 Å². The molecule has 0 amide bonds. The lowest BCUT2D eigenvalue weighted by Gasteiger charge is -1.94. The Morgan fingerprint density at radius 1 is 1.25 bits per heavy atom. The first-order valence-electron chi connectivity index (χ1n) is 6.51. The third kappa shape index (κ3) is 2.58. The Bertz CT molecular complexity index is 703. The monoisotopic (exact) mass is 285 g/mol. The molecule has 0 saturated carbocycles. The van der Waals surface area contributed by atoms with E-state index in [1.807, 2.05) is 36.4 Å². The number of nitrogen functional groups attached to an aromatic ring is 1. The molecule has 0 aliphatic rings. The van der Waals surface area contributed by atoms with Crippen LogP contribution in [0, 0.1) is 0 Å². The number of benzene rings is 1. The van der Waals surface area contributed by atoms with Crippen molar-refractivity contribution in [2.24, 2.45) is 0 Å². The van der Waals surface area contributed by atoms with Gasteiger partial charge >= 0.3 is 0 Å². The van der Waals surface area contributed by atoms with Crippen LogP contribution in [0.15, 0.2) is 40.9 Å². The van der Waals surface area contributed by atoms with Gasteiger partial charge in [-0.05, 0) is 18.1 Å². The minimum Gasteiger partial charge on any atom is -0.390 e. The molecule has 2 N–H and O–H groups in total. The quantitative estimate of drug-likeness (QED) is 0.796. The highest BCUT2D eigenvalue weighted by Crippen LogP contribution is 2.33. The van der Waals surface area contributed by atoms with Gasteiger partial charge in [-0.3, -0.25) is 0 Å². The van der Waals surface area contributed by atoms with E-state index in [-0.39, 0.29) is 0 Å². The van der Waals surface area contributed by atoms with Crippen molar-refractivity contribution in [3.63, 3.8) is 0 Å². The van der Waals surface area contributed by atoms with Gasteiger partial charge in [-0.1, -0.05) is 42.4 Å². The number of nitrogens with two attached hydrogens (primary N) is 1. The fourth-order valence-electron chi connectivity index (χ4n) is 2.01. The molecule has 2 heterocycles. The molecule has 3 aromatic rings. The van der Waals surface area contributed by atoms with Gasteiger partial charge in [0.1, 0.15) is 0 Å². The fraction of sp³-hybridized carbons (Fsp3) is 0.200. The third-order valence-electron chi connectivity index (χ3n) is 3.06. The lowest BCUT2D eigenvalue weighted by Crippen LogP contribution is -1.90. The van der Waals surface area contributed by atoms with Crippen LogP contribution >= 0.6 is 11.3 Å². The summed E-state index contributed by atoms with van der Waals surface area (Å²) < 4.78 is 5.33. The Morgan fingerprint density at radius 2 is 2.05 bits per heavy atom. The van der Waals surface area contributed by atoms with Crippen LogP contribution in [0.4, 0.5) is 5.00 Å². The van der Waals surface area contributed by atoms with Crippen molar-refractivity contribution in [1.29, 1.82) is 0 Å². The molecule has 3 rings (SSSR count). The van der Waals surface area contributed by atoms with Crippen LogP contribution < -0.4 is 5.73 Å². The highest BCUT2D eigenvalue weighted by Gasteiger charge is 2.15. The van der Waals surface area contributed by atoms with Crippen molar-refractivity contribution in [2.45, 2.75) is 19.8 Å². The topological polar surface area (TPSA) is 64.9 Å². The number of aryl methyl sites for hydroxylation is 1. The summed E-state index contributed by atoms with van der Waals surface area (Å²) in [6, 6.07) is 12.1. The second-order valence-electron chi connectivity index (χ2n) is 4.52. The van der Waals surface area contributed by atoms with Crippen LogP contribution in [0.2, 0.25) is 0 Å². The molecule has 0 saturated heterocycles. The standard InChI is InChI=1S/C15H15N3OS/c1-2-11-9-12(14(16)20-11)15-17-13(18-19-15)8-10-6-4-3-5-7-10/h3-7,9H,2,8,16H2,1H3. The van der Waals surface area contributed by atoms with Gasteiger partial charge in [-0.25, -0.2) is 0 Å². The maximum atomic E-state index is 6.00. The molecule has 0 bridgehead atoms. The van der Waals surface area contributed by atoms with Crippen molar-refractivity contribution in [3.05, 3.63) is 52.7 Å². The Hall–Kier alpha value is -2.14. The highest BCUT2D eigenvalue weighted by atomic mass is 32.1. The zero-order chi connectivity index (χ0) is 13.9. The number of hydrogen-bond donors (Lipinski definition) is 1. The number of aromatic nitrogens is 2. The Labute approximate surface area is 121 Å². The van der Waals surface area contributed by atoms with Crippen molar-refractivity contribution < 1.29 is 4.52 Å². The summed E-state index contributed by atoms with van der Waals surface area (Å²) in [7, 11) is 0. The molecular formula is C15H15N3OS. The summed E-state index contributed by atoms with van der Waals surface area (Å²) >= 11 is 1.57. The van der Waals surface area contributed by atoms with Crippen LogP contribution in [0.5, 0.6) is 0 Å². The van der Waals surface area contributed by atoms with E-state index in [1.165, 1.54) is 4.88 Å². The van der Waals surface area contributed by atoms with E-state index in [2.05, 4.69) is 17.1 Å². The van der Waals surface area contributed by atoms with Crippen LogP contribution in [0.1, 0.15) is 23.2 Å². The van der Waals surface area contributed by atoms with Gasteiger partial charge in [0.15, 0.2) is 5.82 Å². The smallest absolute Gasteiger partial charge is 0.260 e. The second kappa shape index (κ2) is 5.46. The highest BCUT2D eigenvalue weighted by molar-refractivity contribution is 7.16. The first-order valence-corrected chi connectivity index (χ1v) is 7.33. The molecule has 2 aromatic heterocycles. The molecule has 4 nitrogen and oxygen atoms in total. The van der Waals surface area contributed by atoms with Gasteiger partial charge in [-0.2, -0.15) is 4.98 Å². The largest absolute Gasteiger partial charge is 0.390 e. The van der Waals surface area contributed by atoms with Gasteiger partial charge in [0.05, 0.1) is 10.6 Å². The number of hydrogen-bond acceptors (Lipinski definition) is 5. The van der Waals surface area contributed by atoms with E-state index in [0.717, 1.165) is 22.5 Å². The van der Waals surface area contributed by atoms with Gasteiger partial charge < -0.3 is 10.3 Å². The van der Waals surface area contributed by atoms with Crippen molar-refractivity contribution in [1.82, 2.24) is 10.1 Å². The molecule has 0 radical (unpaired) electrons. The summed E-state index contributed by atoms with van der Waals surface area (Å²) in [6.07, 6.45) is 1.62. The van der Waals surface area contributed by atoms with Gasteiger partial charge in [0, 0.05) is 11.3 Å². The van der Waals surface area contributed by atoms with Gasteiger partial charge in [0.25, 0.3) is 5.89 Å². The average molecular weight is 285 g/mol. The van der Waals surface area contributed by atoms with E-state index >= 15 is 0 Å². The normalized spacial score (nSPS) is 10.8. The Morgan fingerprint density at radius 3 is 2.75 bits per heavy atom. The molecule has 0 atom stereocenters. The van der Waals surface area contributed by atoms with Gasteiger partial charge in [0.2, 0.25) is 0 Å². The van der Waals surface area contributed by atoms with E-state index in [0.29, 0.717) is 18.1 Å². The van der Waals surface area contributed by atoms with E-state index in [1.54, 1.807) is 11.3 Å². The number of thiophene rings is 1. The SMILES string of the molecule is CCc1cc(-c2nc(Cc3ccccc3)no2)c(N)s1. The Balaban J connectivity index is 1.84. The molecule has 0 aliphatic heterocycles. The third-order valence-corrected chi connectivity index (χ3v) is 4.17. The minimum atomic E-state index is 0.504. The summed E-state index contributed by atoms with van der Waals surface area (Å²) in [5.41, 5.74) is 8.01. The van der Waals surface area contributed by atoms with Crippen LogP contribution in [-0.4, -0.2) is 10.1 Å². The van der Waals surface area contributed by atoms with Crippen LogP contribution in [0.3, 0.4) is 0 Å². The molecule has 0 spiro atoms. The van der Waals surface area contributed by atoms with Crippen LogP contribution in [0.25, 0.3) is 11.5 Å². The Kier molecular flexibility index (Phi) is 3.52. The number of nitrogens with zero attached hydrogens (tertiary/aromatic N) is 2. The molecule has 20 heavy (non-hydrogen) atoms. The molecule has 102 valence electrons. The van der Waals surface area contributed by atoms with Crippen molar-refractivity contribution in [3.8, 4) is 11.5 Å². The van der Waals surface area contributed by atoms with Crippen LogP contribution in [-0.2, 0) is 12.8 Å². The molecule has 0 fully saturated rings. The summed E-state index contributed by atoms with van der Waals surface area (Å²) in [6.45, 7) is 2.10. The minimum absolute atomic E-state index is 0.504. The lowest BCUT2D eigenvalue weighted by atomic mass is 10.1. The number of anilines is 1. The average Bonchev–Trinajstić information content (AvgIpc) is 3.06. The first kappa shape index (κ1) is 12.9. The van der Waals surface area contributed by atoms with Crippen molar-refractivity contribution in [2.75, 3.05) is 5.73 Å². The first-order chi connectivity index (χ1) is 9.76. The zero-order valence-corrected chi connectivity index (χ0v) is 12.0. The summed E-state index contributed by atoms with van der Waals surface area (Å²) in [4.78, 5) is 5.66. The molecular weight excluding hydrogens is 270 g/mol. The fourth-order valence-corrected chi connectivity index (χ4v) is 2.87. The summed E-state index contributed by atoms with van der Waals surface area (Å²) in [5.74, 6) is 1.18. The zero-order valence-electron chi connectivity index (χ0n) is 11.2. The number of rotatable bonds is 4. The maximum absolute atomic E-state index is 6.00. The predicted molar refractivity (Wildman–Crippen MR) is 80.6 cm³/mol. The van der Waals surface area contributed by atoms with E-state index in [9.17, 15) is 0 Å². The molecule has 0 unspecified atom stereocenters.